The van der Waals surface area contributed by atoms with E-state index in [1.807, 2.05) is 24.3 Å². The van der Waals surface area contributed by atoms with Crippen LogP contribution >= 0.6 is 11.6 Å². The Balaban J connectivity index is 2.02. The van der Waals surface area contributed by atoms with E-state index in [9.17, 15) is 5.11 Å². The SMILES string of the molecule is OC(c1ccc(Cl)c2cccnc12)C1CCOCC1. The third-order valence-electron chi connectivity index (χ3n) is 3.78. The molecule has 1 aliphatic rings. The van der Waals surface area contributed by atoms with Crippen LogP contribution in [0, 0.1) is 5.92 Å². The number of fused-ring (bicyclic) bond motifs is 1. The van der Waals surface area contributed by atoms with Crippen LogP contribution in [-0.4, -0.2) is 23.3 Å². The van der Waals surface area contributed by atoms with Crippen molar-refractivity contribution in [2.75, 3.05) is 13.2 Å². The van der Waals surface area contributed by atoms with Gasteiger partial charge in [-0.15, -0.1) is 0 Å². The lowest BCUT2D eigenvalue weighted by molar-refractivity contribution is 0.00766. The number of rotatable bonds is 2. The highest BCUT2D eigenvalue weighted by molar-refractivity contribution is 6.35. The molecule has 0 spiro atoms. The van der Waals surface area contributed by atoms with E-state index in [2.05, 4.69) is 4.98 Å². The Morgan fingerprint density at radius 2 is 2.05 bits per heavy atom. The highest BCUT2D eigenvalue weighted by atomic mass is 35.5. The first-order valence-corrected chi connectivity index (χ1v) is 6.94. The number of aromatic nitrogens is 1. The normalized spacial score (nSPS) is 18.6. The molecule has 1 N–H and O–H groups in total. The molecule has 0 amide bonds. The zero-order chi connectivity index (χ0) is 13.2. The highest BCUT2D eigenvalue weighted by Crippen LogP contribution is 2.35. The molecule has 1 aromatic heterocycles. The second kappa shape index (κ2) is 5.45. The number of nitrogens with zero attached hydrogens (tertiary/aromatic N) is 1. The van der Waals surface area contributed by atoms with Crippen molar-refractivity contribution in [3.63, 3.8) is 0 Å². The summed E-state index contributed by atoms with van der Waals surface area (Å²) in [6.07, 6.45) is 3.01. The fourth-order valence-corrected chi connectivity index (χ4v) is 2.90. The standard InChI is InChI=1S/C15H16ClNO2/c16-13-4-3-12(14-11(13)2-1-7-17-14)15(18)10-5-8-19-9-6-10/h1-4,7,10,15,18H,5-6,8-9H2. The van der Waals surface area contributed by atoms with Crippen LogP contribution in [0.1, 0.15) is 24.5 Å². The van der Waals surface area contributed by atoms with E-state index in [1.165, 1.54) is 0 Å². The van der Waals surface area contributed by atoms with Crippen LogP contribution in [0.2, 0.25) is 5.02 Å². The molecule has 3 nitrogen and oxygen atoms in total. The molecular formula is C15H16ClNO2. The summed E-state index contributed by atoms with van der Waals surface area (Å²) in [7, 11) is 0. The summed E-state index contributed by atoms with van der Waals surface area (Å²) in [5.41, 5.74) is 1.67. The number of hydrogen-bond donors (Lipinski definition) is 1. The summed E-state index contributed by atoms with van der Waals surface area (Å²) in [6.45, 7) is 1.45. The monoisotopic (exact) mass is 277 g/mol. The van der Waals surface area contributed by atoms with Gasteiger partial charge in [0.25, 0.3) is 0 Å². The summed E-state index contributed by atoms with van der Waals surface area (Å²) in [5, 5.41) is 12.2. The summed E-state index contributed by atoms with van der Waals surface area (Å²) in [5.74, 6) is 0.236. The lowest BCUT2D eigenvalue weighted by Crippen LogP contribution is -2.22. The van der Waals surface area contributed by atoms with Crippen molar-refractivity contribution in [1.29, 1.82) is 0 Å². The third kappa shape index (κ3) is 2.46. The molecule has 4 heteroatoms. The maximum absolute atomic E-state index is 10.6. The maximum Gasteiger partial charge on any atom is 0.0840 e. The fourth-order valence-electron chi connectivity index (χ4n) is 2.68. The molecule has 2 heterocycles. The predicted molar refractivity (Wildman–Crippen MR) is 75.3 cm³/mol. The van der Waals surface area contributed by atoms with E-state index in [0.29, 0.717) is 5.02 Å². The Morgan fingerprint density at radius 3 is 2.84 bits per heavy atom. The highest BCUT2D eigenvalue weighted by Gasteiger charge is 2.25. The van der Waals surface area contributed by atoms with Gasteiger partial charge in [0, 0.05) is 35.4 Å². The lowest BCUT2D eigenvalue weighted by atomic mass is 9.88. The minimum atomic E-state index is -0.501. The van der Waals surface area contributed by atoms with Gasteiger partial charge in [0.05, 0.1) is 11.6 Å². The van der Waals surface area contributed by atoms with Gasteiger partial charge >= 0.3 is 0 Å². The lowest BCUT2D eigenvalue weighted by Gasteiger charge is -2.27. The summed E-state index contributed by atoms with van der Waals surface area (Å²) >= 11 is 6.18. The van der Waals surface area contributed by atoms with E-state index in [-0.39, 0.29) is 5.92 Å². The molecule has 19 heavy (non-hydrogen) atoms. The van der Waals surface area contributed by atoms with Gasteiger partial charge in [-0.3, -0.25) is 4.98 Å². The first-order valence-electron chi connectivity index (χ1n) is 6.56. The van der Waals surface area contributed by atoms with Gasteiger partial charge in [-0.1, -0.05) is 17.7 Å². The molecule has 1 saturated heterocycles. The average Bonchev–Trinajstić information content (AvgIpc) is 2.48. The quantitative estimate of drug-likeness (QED) is 0.915. The molecule has 100 valence electrons. The molecule has 0 saturated carbocycles. The largest absolute Gasteiger partial charge is 0.388 e. The van der Waals surface area contributed by atoms with Crippen molar-refractivity contribution in [3.05, 3.63) is 41.0 Å². The van der Waals surface area contributed by atoms with Crippen LogP contribution in [-0.2, 0) is 4.74 Å². The van der Waals surface area contributed by atoms with E-state index >= 15 is 0 Å². The van der Waals surface area contributed by atoms with Gasteiger partial charge in [0.2, 0.25) is 0 Å². The van der Waals surface area contributed by atoms with Crippen molar-refractivity contribution in [3.8, 4) is 0 Å². The van der Waals surface area contributed by atoms with Crippen molar-refractivity contribution in [2.24, 2.45) is 5.92 Å². The van der Waals surface area contributed by atoms with Gasteiger partial charge in [0.15, 0.2) is 0 Å². The maximum atomic E-state index is 10.6. The summed E-state index contributed by atoms with van der Waals surface area (Å²) in [6, 6.07) is 7.52. The first-order chi connectivity index (χ1) is 9.27. The van der Waals surface area contributed by atoms with Crippen LogP contribution in [0.25, 0.3) is 10.9 Å². The summed E-state index contributed by atoms with van der Waals surface area (Å²) < 4.78 is 5.34. The number of ether oxygens (including phenoxy) is 1. The van der Waals surface area contributed by atoms with Crippen LogP contribution in [0.5, 0.6) is 0 Å². The molecule has 1 aromatic carbocycles. The second-order valence-corrected chi connectivity index (χ2v) is 5.34. The van der Waals surface area contributed by atoms with E-state index in [0.717, 1.165) is 42.5 Å². The van der Waals surface area contributed by atoms with E-state index in [4.69, 9.17) is 16.3 Å². The van der Waals surface area contributed by atoms with Crippen LogP contribution < -0.4 is 0 Å². The second-order valence-electron chi connectivity index (χ2n) is 4.93. The fraction of sp³-hybridized carbons (Fsp3) is 0.400. The van der Waals surface area contributed by atoms with Crippen LogP contribution in [0.15, 0.2) is 30.5 Å². The smallest absolute Gasteiger partial charge is 0.0840 e. The van der Waals surface area contributed by atoms with Gasteiger partial charge in [-0.25, -0.2) is 0 Å². The van der Waals surface area contributed by atoms with Crippen molar-refractivity contribution in [1.82, 2.24) is 4.98 Å². The molecule has 1 unspecified atom stereocenters. The topological polar surface area (TPSA) is 42.4 Å². The first kappa shape index (κ1) is 12.9. The van der Waals surface area contributed by atoms with E-state index in [1.54, 1.807) is 6.20 Å². The Morgan fingerprint density at radius 1 is 1.26 bits per heavy atom. The Labute approximate surface area is 117 Å². The molecule has 1 atom stereocenters. The molecule has 0 radical (unpaired) electrons. The number of hydrogen-bond acceptors (Lipinski definition) is 3. The van der Waals surface area contributed by atoms with Gasteiger partial charge in [-0.05, 0) is 37.0 Å². The van der Waals surface area contributed by atoms with Gasteiger partial charge < -0.3 is 9.84 Å². The minimum Gasteiger partial charge on any atom is -0.388 e. The zero-order valence-electron chi connectivity index (χ0n) is 10.6. The number of halogens is 1. The molecule has 0 bridgehead atoms. The van der Waals surface area contributed by atoms with Crippen LogP contribution in [0.4, 0.5) is 0 Å². The molecule has 3 rings (SSSR count). The number of benzene rings is 1. The summed E-state index contributed by atoms with van der Waals surface area (Å²) in [4.78, 5) is 4.38. The number of pyridine rings is 1. The van der Waals surface area contributed by atoms with Gasteiger partial charge in [0.1, 0.15) is 0 Å². The Hall–Kier alpha value is -1.16. The Kier molecular flexibility index (Phi) is 3.69. The predicted octanol–water partition coefficient (Wildman–Crippen LogP) is 3.35. The Bertz CT molecular complexity index is 581. The van der Waals surface area contributed by atoms with Crippen LogP contribution in [0.3, 0.4) is 0 Å². The number of aliphatic hydroxyl groups excluding tert-OH is 1. The van der Waals surface area contributed by atoms with Crippen molar-refractivity contribution in [2.45, 2.75) is 18.9 Å². The third-order valence-corrected chi connectivity index (χ3v) is 4.11. The van der Waals surface area contributed by atoms with Crippen molar-refractivity contribution >= 4 is 22.5 Å². The number of aliphatic hydroxyl groups is 1. The zero-order valence-corrected chi connectivity index (χ0v) is 11.3. The molecule has 1 aliphatic heterocycles. The molecule has 0 aliphatic carbocycles. The molecule has 2 aromatic rings. The van der Waals surface area contributed by atoms with E-state index < -0.39 is 6.10 Å². The minimum absolute atomic E-state index is 0.236. The van der Waals surface area contributed by atoms with Crippen molar-refractivity contribution < 1.29 is 9.84 Å². The molecule has 1 fully saturated rings. The average molecular weight is 278 g/mol. The molecular weight excluding hydrogens is 262 g/mol. The van der Waals surface area contributed by atoms with Gasteiger partial charge in [-0.2, -0.15) is 0 Å².